The van der Waals surface area contributed by atoms with Gasteiger partial charge in [-0.15, -0.1) is 0 Å². The fourth-order valence-electron chi connectivity index (χ4n) is 4.29. The van der Waals surface area contributed by atoms with Crippen LogP contribution in [0.1, 0.15) is 25.7 Å². The van der Waals surface area contributed by atoms with Gasteiger partial charge >= 0.3 is 0 Å². The van der Waals surface area contributed by atoms with Crippen LogP contribution in [-0.4, -0.2) is 50.4 Å². The Bertz CT molecular complexity index is 719. The number of anilines is 2. The molecule has 25 heavy (non-hydrogen) atoms. The molecular formula is C20H28N4O. The lowest BCUT2D eigenvalue weighted by atomic mass is 9.80. The fourth-order valence-corrected chi connectivity index (χ4v) is 4.29. The van der Waals surface area contributed by atoms with Crippen LogP contribution in [0, 0.1) is 11.8 Å². The third-order valence-electron chi connectivity index (χ3n) is 5.75. The van der Waals surface area contributed by atoms with Crippen molar-refractivity contribution in [2.75, 3.05) is 50.2 Å². The highest BCUT2D eigenvalue weighted by atomic mass is 16.5. The fraction of sp³-hybridized carbons (Fsp3) is 0.600. The number of aromatic nitrogens is 2. The van der Waals surface area contributed by atoms with Gasteiger partial charge in [-0.2, -0.15) is 4.98 Å². The van der Waals surface area contributed by atoms with Gasteiger partial charge in [0, 0.05) is 45.8 Å². The van der Waals surface area contributed by atoms with Crippen molar-refractivity contribution in [1.82, 2.24) is 9.97 Å². The van der Waals surface area contributed by atoms with Gasteiger partial charge in [-0.1, -0.05) is 12.1 Å². The quantitative estimate of drug-likeness (QED) is 0.857. The Morgan fingerprint density at radius 2 is 1.64 bits per heavy atom. The highest BCUT2D eigenvalue weighted by Crippen LogP contribution is 2.33. The Hall–Kier alpha value is -1.88. The van der Waals surface area contributed by atoms with E-state index in [4.69, 9.17) is 14.7 Å². The number of benzene rings is 1. The number of fused-ring (bicyclic) bond motifs is 1. The molecule has 2 aliphatic rings. The molecular weight excluding hydrogens is 312 g/mol. The van der Waals surface area contributed by atoms with E-state index >= 15 is 0 Å². The third-order valence-corrected chi connectivity index (χ3v) is 5.75. The van der Waals surface area contributed by atoms with Crippen molar-refractivity contribution in [3.8, 4) is 0 Å². The Morgan fingerprint density at radius 3 is 2.36 bits per heavy atom. The van der Waals surface area contributed by atoms with Crippen LogP contribution in [0.15, 0.2) is 24.3 Å². The van der Waals surface area contributed by atoms with E-state index in [0.29, 0.717) is 0 Å². The van der Waals surface area contributed by atoms with Gasteiger partial charge in [0.1, 0.15) is 5.82 Å². The highest BCUT2D eigenvalue weighted by molar-refractivity contribution is 5.90. The van der Waals surface area contributed by atoms with Crippen molar-refractivity contribution in [3.05, 3.63) is 24.3 Å². The van der Waals surface area contributed by atoms with Crippen molar-refractivity contribution in [2.45, 2.75) is 25.7 Å². The topological polar surface area (TPSA) is 41.5 Å². The SMILES string of the molecule is CN(C)c1nc(N2CCC(C3CCOCC3)CC2)nc2ccccc12. The highest BCUT2D eigenvalue weighted by Gasteiger charge is 2.29. The smallest absolute Gasteiger partial charge is 0.227 e. The molecule has 2 fully saturated rings. The molecule has 4 rings (SSSR count). The summed E-state index contributed by atoms with van der Waals surface area (Å²) in [6.45, 7) is 4.02. The maximum absolute atomic E-state index is 5.52. The average Bonchev–Trinajstić information content (AvgIpc) is 2.68. The lowest BCUT2D eigenvalue weighted by Gasteiger charge is -2.37. The summed E-state index contributed by atoms with van der Waals surface area (Å²) < 4.78 is 5.52. The molecule has 5 nitrogen and oxygen atoms in total. The van der Waals surface area contributed by atoms with Gasteiger partial charge in [-0.25, -0.2) is 4.98 Å². The van der Waals surface area contributed by atoms with Crippen molar-refractivity contribution in [1.29, 1.82) is 0 Å². The molecule has 0 bridgehead atoms. The Balaban J connectivity index is 1.52. The first-order chi connectivity index (χ1) is 12.2. The van der Waals surface area contributed by atoms with Crippen LogP contribution in [0.25, 0.3) is 10.9 Å². The maximum Gasteiger partial charge on any atom is 0.227 e. The molecule has 0 spiro atoms. The predicted octanol–water partition coefficient (Wildman–Crippen LogP) is 3.34. The zero-order valence-corrected chi connectivity index (χ0v) is 15.3. The number of nitrogens with zero attached hydrogens (tertiary/aromatic N) is 4. The molecule has 1 aromatic carbocycles. The maximum atomic E-state index is 5.52. The van der Waals surface area contributed by atoms with Crippen LogP contribution in [0.5, 0.6) is 0 Å². The van der Waals surface area contributed by atoms with Gasteiger partial charge in [0.15, 0.2) is 0 Å². The minimum absolute atomic E-state index is 0.842. The Morgan fingerprint density at radius 1 is 0.960 bits per heavy atom. The number of rotatable bonds is 3. The summed E-state index contributed by atoms with van der Waals surface area (Å²) in [4.78, 5) is 14.2. The molecule has 2 aromatic rings. The van der Waals surface area contributed by atoms with E-state index in [1.807, 2.05) is 0 Å². The molecule has 3 heterocycles. The summed E-state index contributed by atoms with van der Waals surface area (Å²) in [5, 5.41) is 1.12. The summed E-state index contributed by atoms with van der Waals surface area (Å²) in [5.41, 5.74) is 1.03. The van der Waals surface area contributed by atoms with Crippen molar-refractivity contribution < 1.29 is 4.74 Å². The molecule has 0 unspecified atom stereocenters. The first-order valence-corrected chi connectivity index (χ1v) is 9.49. The van der Waals surface area contributed by atoms with Crippen molar-refractivity contribution in [2.24, 2.45) is 11.8 Å². The molecule has 2 saturated heterocycles. The lowest BCUT2D eigenvalue weighted by molar-refractivity contribution is 0.0418. The van der Waals surface area contributed by atoms with E-state index in [2.05, 4.69) is 48.2 Å². The molecule has 0 atom stereocenters. The first-order valence-electron chi connectivity index (χ1n) is 9.49. The average molecular weight is 340 g/mol. The second-order valence-electron chi connectivity index (χ2n) is 7.53. The normalized spacial score (nSPS) is 20.2. The largest absolute Gasteiger partial charge is 0.381 e. The van der Waals surface area contributed by atoms with Gasteiger partial charge in [0.05, 0.1) is 5.52 Å². The van der Waals surface area contributed by atoms with Gasteiger partial charge in [0.2, 0.25) is 5.95 Å². The summed E-state index contributed by atoms with van der Waals surface area (Å²) in [6, 6.07) is 8.29. The van der Waals surface area contributed by atoms with Gasteiger partial charge < -0.3 is 14.5 Å². The summed E-state index contributed by atoms with van der Waals surface area (Å²) in [7, 11) is 4.10. The molecule has 0 radical (unpaired) electrons. The molecule has 5 heteroatoms. The number of hydrogen-bond donors (Lipinski definition) is 0. The summed E-state index contributed by atoms with van der Waals surface area (Å²) >= 11 is 0. The second-order valence-corrected chi connectivity index (χ2v) is 7.53. The molecule has 134 valence electrons. The zero-order valence-electron chi connectivity index (χ0n) is 15.3. The van der Waals surface area contributed by atoms with E-state index < -0.39 is 0 Å². The predicted molar refractivity (Wildman–Crippen MR) is 102 cm³/mol. The Kier molecular flexibility index (Phi) is 4.75. The minimum atomic E-state index is 0.842. The Labute approximate surface area is 150 Å². The first kappa shape index (κ1) is 16.6. The summed E-state index contributed by atoms with van der Waals surface area (Å²) in [6.07, 6.45) is 4.97. The van der Waals surface area contributed by atoms with E-state index in [1.54, 1.807) is 0 Å². The third kappa shape index (κ3) is 3.43. The van der Waals surface area contributed by atoms with Crippen molar-refractivity contribution >= 4 is 22.7 Å². The standard InChI is InChI=1S/C20H28N4O/c1-23(2)19-17-5-3-4-6-18(17)21-20(22-19)24-11-7-15(8-12-24)16-9-13-25-14-10-16/h3-6,15-16H,7-14H2,1-2H3. The van der Waals surface area contributed by atoms with Gasteiger partial charge in [-0.3, -0.25) is 0 Å². The number of para-hydroxylation sites is 1. The molecule has 0 aliphatic carbocycles. The molecule has 1 aromatic heterocycles. The minimum Gasteiger partial charge on any atom is -0.381 e. The number of hydrogen-bond acceptors (Lipinski definition) is 5. The monoisotopic (exact) mass is 340 g/mol. The van der Waals surface area contributed by atoms with E-state index in [0.717, 1.165) is 60.8 Å². The molecule has 2 aliphatic heterocycles. The molecule has 0 N–H and O–H groups in total. The van der Waals surface area contributed by atoms with Crippen LogP contribution in [0.3, 0.4) is 0 Å². The molecule has 0 amide bonds. The van der Waals surface area contributed by atoms with E-state index in [-0.39, 0.29) is 0 Å². The van der Waals surface area contributed by atoms with E-state index in [1.165, 1.54) is 25.7 Å². The van der Waals surface area contributed by atoms with Crippen LogP contribution < -0.4 is 9.80 Å². The van der Waals surface area contributed by atoms with Crippen LogP contribution in [-0.2, 0) is 4.74 Å². The molecule has 0 saturated carbocycles. The van der Waals surface area contributed by atoms with Gasteiger partial charge in [-0.05, 0) is 49.7 Å². The van der Waals surface area contributed by atoms with Crippen molar-refractivity contribution in [3.63, 3.8) is 0 Å². The zero-order chi connectivity index (χ0) is 17.2. The van der Waals surface area contributed by atoms with Crippen LogP contribution >= 0.6 is 0 Å². The van der Waals surface area contributed by atoms with E-state index in [9.17, 15) is 0 Å². The van der Waals surface area contributed by atoms with Crippen LogP contribution in [0.4, 0.5) is 11.8 Å². The van der Waals surface area contributed by atoms with Crippen LogP contribution in [0.2, 0.25) is 0 Å². The summed E-state index contributed by atoms with van der Waals surface area (Å²) in [5.74, 6) is 3.58. The number of ether oxygens (including phenoxy) is 1. The lowest BCUT2D eigenvalue weighted by Crippen LogP contribution is -2.38. The van der Waals surface area contributed by atoms with Gasteiger partial charge in [0.25, 0.3) is 0 Å². The number of piperidine rings is 1. The second kappa shape index (κ2) is 7.16.